The normalized spacial score (nSPS) is 10.8. The zero-order valence-corrected chi connectivity index (χ0v) is 13.3. The molecule has 7 heteroatoms. The number of aryl methyl sites for hydroxylation is 1. The minimum Gasteiger partial charge on any atom is -0.391 e. The smallest absolute Gasteiger partial charge is 0.341 e. The van der Waals surface area contributed by atoms with Gasteiger partial charge in [0.1, 0.15) is 12.3 Å². The van der Waals surface area contributed by atoms with Gasteiger partial charge >= 0.3 is 6.03 Å². The van der Waals surface area contributed by atoms with Gasteiger partial charge in [0, 0.05) is 7.05 Å². The van der Waals surface area contributed by atoms with Crippen molar-refractivity contribution in [2.45, 2.75) is 13.5 Å². The van der Waals surface area contributed by atoms with Crippen molar-refractivity contribution in [1.82, 2.24) is 15.1 Å². The van der Waals surface area contributed by atoms with Crippen LogP contribution in [0.4, 0.5) is 4.79 Å². The predicted octanol–water partition coefficient (Wildman–Crippen LogP) is 2.69. The van der Waals surface area contributed by atoms with E-state index < -0.39 is 0 Å². The number of rotatable bonds is 4. The van der Waals surface area contributed by atoms with Crippen LogP contribution in [0.15, 0.2) is 40.1 Å². The SMILES string of the molecule is CNC(=O)n1cc(Br)c(/C=N/OCc2cccc(C)c2)n1. The third-order valence-corrected chi connectivity index (χ3v) is 3.29. The summed E-state index contributed by atoms with van der Waals surface area (Å²) >= 11 is 3.31. The lowest BCUT2D eigenvalue weighted by atomic mass is 10.1. The number of hydrogen-bond donors (Lipinski definition) is 1. The average Bonchev–Trinajstić information content (AvgIpc) is 2.84. The Hall–Kier alpha value is -2.15. The lowest BCUT2D eigenvalue weighted by Gasteiger charge is -2.00. The van der Waals surface area contributed by atoms with Gasteiger partial charge in [-0.15, -0.1) is 0 Å². The van der Waals surface area contributed by atoms with Crippen molar-refractivity contribution in [3.8, 4) is 0 Å². The molecule has 0 aliphatic carbocycles. The van der Waals surface area contributed by atoms with Crippen molar-refractivity contribution in [2.24, 2.45) is 5.16 Å². The highest BCUT2D eigenvalue weighted by Crippen LogP contribution is 2.13. The van der Waals surface area contributed by atoms with Crippen LogP contribution >= 0.6 is 15.9 Å². The van der Waals surface area contributed by atoms with E-state index >= 15 is 0 Å². The molecule has 0 aliphatic heterocycles. The summed E-state index contributed by atoms with van der Waals surface area (Å²) in [5.74, 6) is 0. The number of amides is 1. The van der Waals surface area contributed by atoms with Crippen molar-refractivity contribution in [1.29, 1.82) is 0 Å². The second-order valence-corrected chi connectivity index (χ2v) is 5.21. The van der Waals surface area contributed by atoms with E-state index in [1.165, 1.54) is 23.5 Å². The van der Waals surface area contributed by atoms with Crippen LogP contribution in [0.2, 0.25) is 0 Å². The van der Waals surface area contributed by atoms with Crippen LogP contribution in [0.3, 0.4) is 0 Å². The minimum atomic E-state index is -0.323. The number of nitrogens with zero attached hydrogens (tertiary/aromatic N) is 3. The summed E-state index contributed by atoms with van der Waals surface area (Å²) in [5, 5.41) is 10.4. The molecule has 1 aromatic carbocycles. The van der Waals surface area contributed by atoms with E-state index in [4.69, 9.17) is 4.84 Å². The zero-order valence-electron chi connectivity index (χ0n) is 11.7. The summed E-state index contributed by atoms with van der Waals surface area (Å²) < 4.78 is 1.85. The van der Waals surface area contributed by atoms with E-state index in [9.17, 15) is 4.79 Å². The highest BCUT2D eigenvalue weighted by molar-refractivity contribution is 9.10. The molecule has 0 saturated carbocycles. The Labute approximate surface area is 130 Å². The zero-order chi connectivity index (χ0) is 15.2. The monoisotopic (exact) mass is 350 g/mol. The molecule has 1 aromatic heterocycles. The van der Waals surface area contributed by atoms with Crippen LogP contribution in [0.1, 0.15) is 16.8 Å². The number of nitrogens with one attached hydrogen (secondary N) is 1. The van der Waals surface area contributed by atoms with Gasteiger partial charge in [0.05, 0.1) is 16.9 Å². The van der Waals surface area contributed by atoms with E-state index in [1.807, 2.05) is 31.2 Å². The fourth-order valence-corrected chi connectivity index (χ4v) is 2.05. The fraction of sp³-hybridized carbons (Fsp3) is 0.214. The molecule has 1 amide bonds. The third kappa shape index (κ3) is 4.16. The van der Waals surface area contributed by atoms with Crippen LogP contribution in [0.25, 0.3) is 0 Å². The molecule has 0 saturated heterocycles. The molecule has 0 spiro atoms. The topological polar surface area (TPSA) is 68.5 Å². The van der Waals surface area contributed by atoms with Crippen molar-refractivity contribution in [2.75, 3.05) is 7.05 Å². The van der Waals surface area contributed by atoms with E-state index in [0.717, 1.165) is 5.56 Å². The lowest BCUT2D eigenvalue weighted by molar-refractivity contribution is 0.132. The van der Waals surface area contributed by atoms with E-state index in [1.54, 1.807) is 6.20 Å². The van der Waals surface area contributed by atoms with Crippen LogP contribution in [0, 0.1) is 6.92 Å². The average molecular weight is 351 g/mol. The van der Waals surface area contributed by atoms with Gasteiger partial charge in [0.25, 0.3) is 0 Å². The quantitative estimate of drug-likeness (QED) is 0.680. The van der Waals surface area contributed by atoms with Gasteiger partial charge in [-0.2, -0.15) is 9.78 Å². The Morgan fingerprint density at radius 1 is 1.57 bits per heavy atom. The number of aromatic nitrogens is 2. The molecule has 2 aromatic rings. The Morgan fingerprint density at radius 3 is 3.10 bits per heavy atom. The Kier molecular flexibility index (Phi) is 5.10. The van der Waals surface area contributed by atoms with Crippen molar-refractivity contribution in [3.63, 3.8) is 0 Å². The third-order valence-electron chi connectivity index (χ3n) is 2.68. The van der Waals surface area contributed by atoms with E-state index in [2.05, 4.69) is 31.5 Å². The summed E-state index contributed by atoms with van der Waals surface area (Å²) in [6, 6.07) is 7.68. The van der Waals surface area contributed by atoms with Crippen molar-refractivity contribution < 1.29 is 9.63 Å². The first-order chi connectivity index (χ1) is 10.1. The van der Waals surface area contributed by atoms with Gasteiger partial charge in [-0.25, -0.2) is 4.79 Å². The minimum absolute atomic E-state index is 0.323. The maximum atomic E-state index is 11.4. The molecule has 0 bridgehead atoms. The van der Waals surface area contributed by atoms with E-state index in [0.29, 0.717) is 16.8 Å². The number of carbonyl (C=O) groups excluding carboxylic acids is 1. The number of hydrogen-bond acceptors (Lipinski definition) is 4. The molecular formula is C14H15BrN4O2. The largest absolute Gasteiger partial charge is 0.391 e. The summed E-state index contributed by atoms with van der Waals surface area (Å²) in [7, 11) is 1.54. The Morgan fingerprint density at radius 2 is 2.38 bits per heavy atom. The molecule has 0 radical (unpaired) electrons. The first kappa shape index (κ1) is 15.2. The first-order valence-electron chi connectivity index (χ1n) is 6.28. The number of benzene rings is 1. The van der Waals surface area contributed by atoms with Gasteiger partial charge in [-0.1, -0.05) is 35.0 Å². The summed E-state index contributed by atoms with van der Waals surface area (Å²) in [6.07, 6.45) is 3.01. The fourth-order valence-electron chi connectivity index (χ4n) is 1.67. The molecule has 0 atom stereocenters. The van der Waals surface area contributed by atoms with Gasteiger partial charge in [-0.05, 0) is 28.4 Å². The van der Waals surface area contributed by atoms with Crippen molar-refractivity contribution in [3.05, 3.63) is 51.8 Å². The van der Waals surface area contributed by atoms with Crippen LogP contribution in [-0.2, 0) is 11.4 Å². The van der Waals surface area contributed by atoms with Crippen molar-refractivity contribution >= 4 is 28.2 Å². The number of halogens is 1. The maximum absolute atomic E-state index is 11.4. The molecule has 6 nitrogen and oxygen atoms in total. The standard InChI is InChI=1S/C14H15BrN4O2/c1-10-4-3-5-11(6-10)9-21-17-7-13-12(15)8-19(18-13)14(20)16-2/h3-8H,9H2,1-2H3,(H,16,20)/b17-7+. The highest BCUT2D eigenvalue weighted by atomic mass is 79.9. The van der Waals surface area contributed by atoms with Crippen LogP contribution < -0.4 is 5.32 Å². The molecule has 0 fully saturated rings. The van der Waals surface area contributed by atoms with Gasteiger partial charge in [0.2, 0.25) is 0 Å². The molecule has 1 heterocycles. The van der Waals surface area contributed by atoms with Crippen LogP contribution in [0.5, 0.6) is 0 Å². The molecule has 1 N–H and O–H groups in total. The first-order valence-corrected chi connectivity index (χ1v) is 7.07. The van der Waals surface area contributed by atoms with Crippen LogP contribution in [-0.4, -0.2) is 29.1 Å². The van der Waals surface area contributed by atoms with Gasteiger partial charge in [0.15, 0.2) is 0 Å². The highest BCUT2D eigenvalue weighted by Gasteiger charge is 2.08. The van der Waals surface area contributed by atoms with Gasteiger partial charge < -0.3 is 10.2 Å². The summed E-state index contributed by atoms with van der Waals surface area (Å²) in [5.41, 5.74) is 2.73. The Bertz CT molecular complexity index is 667. The molecule has 110 valence electrons. The number of oxime groups is 1. The predicted molar refractivity (Wildman–Crippen MR) is 83.3 cm³/mol. The lowest BCUT2D eigenvalue weighted by Crippen LogP contribution is -2.24. The summed E-state index contributed by atoms with van der Waals surface area (Å²) in [4.78, 5) is 16.6. The molecule has 2 rings (SSSR count). The molecular weight excluding hydrogens is 336 g/mol. The van der Waals surface area contributed by atoms with Gasteiger partial charge in [-0.3, -0.25) is 0 Å². The Balaban J connectivity index is 1.95. The number of carbonyl (C=O) groups is 1. The summed E-state index contributed by atoms with van der Waals surface area (Å²) in [6.45, 7) is 2.40. The molecule has 0 unspecified atom stereocenters. The molecule has 0 aliphatic rings. The van der Waals surface area contributed by atoms with E-state index in [-0.39, 0.29) is 6.03 Å². The molecule has 21 heavy (non-hydrogen) atoms. The second kappa shape index (κ2) is 7.03. The second-order valence-electron chi connectivity index (χ2n) is 4.36. The maximum Gasteiger partial charge on any atom is 0.341 e.